The number of halogens is 2. The Kier molecular flexibility index (Phi) is 8.62. The van der Waals surface area contributed by atoms with Crippen molar-refractivity contribution in [1.29, 1.82) is 0 Å². The summed E-state index contributed by atoms with van der Waals surface area (Å²) in [5.74, 6) is 0. The molecular weight excluding hydrogens is 426 g/mol. The molecule has 0 unspecified atom stereocenters. The predicted octanol–water partition coefficient (Wildman–Crippen LogP) is -0.0800. The van der Waals surface area contributed by atoms with E-state index >= 15 is 0 Å². The standard InChI is InChI=1S/C12H11.C10H9.2ClH.Zr/c1-2-6-11-9(4-1)8-10-5-3-7-12(10)11;1-8-6-7-9-4-2-3-5-10(8)9;;;/h1-2,4,6,8H,3,5,7H2;2-7H,1H3;2*1H;/q2*-1;;;+4/p-2. The van der Waals surface area contributed by atoms with Crippen molar-refractivity contribution in [3.8, 4) is 0 Å². The Morgan fingerprint density at radius 1 is 0.800 bits per heavy atom. The Balaban J connectivity index is 0.000000226. The van der Waals surface area contributed by atoms with Gasteiger partial charge in [-0.2, -0.15) is 17.2 Å². The molecule has 4 aromatic rings. The molecule has 1 aliphatic carbocycles. The minimum Gasteiger partial charge on any atom is -1.00 e. The van der Waals surface area contributed by atoms with Crippen LogP contribution in [0.25, 0.3) is 21.5 Å². The van der Waals surface area contributed by atoms with E-state index in [9.17, 15) is 0 Å². The van der Waals surface area contributed by atoms with Crippen molar-refractivity contribution in [2.24, 2.45) is 0 Å². The van der Waals surface area contributed by atoms with Crippen LogP contribution in [0.4, 0.5) is 0 Å². The maximum absolute atomic E-state index is 2.36. The zero-order valence-corrected chi connectivity index (χ0v) is 18.2. The first-order valence-electron chi connectivity index (χ1n) is 8.10. The van der Waals surface area contributed by atoms with E-state index in [-0.39, 0.29) is 51.0 Å². The van der Waals surface area contributed by atoms with Gasteiger partial charge >= 0.3 is 26.2 Å². The van der Waals surface area contributed by atoms with Crippen molar-refractivity contribution < 1.29 is 51.0 Å². The largest absolute Gasteiger partial charge is 4.00 e. The van der Waals surface area contributed by atoms with Gasteiger partial charge in [0.25, 0.3) is 0 Å². The van der Waals surface area contributed by atoms with Gasteiger partial charge in [0.15, 0.2) is 0 Å². The molecule has 126 valence electrons. The van der Waals surface area contributed by atoms with Gasteiger partial charge in [-0.1, -0.05) is 31.9 Å². The predicted molar refractivity (Wildman–Crippen MR) is 95.8 cm³/mol. The van der Waals surface area contributed by atoms with Crippen LogP contribution in [0.2, 0.25) is 0 Å². The Labute approximate surface area is 181 Å². The summed E-state index contributed by atoms with van der Waals surface area (Å²) in [6.07, 6.45) is 3.95. The Morgan fingerprint density at radius 2 is 1.44 bits per heavy atom. The number of fused-ring (bicyclic) bond motifs is 4. The maximum atomic E-state index is 2.36. The quantitative estimate of drug-likeness (QED) is 0.332. The Morgan fingerprint density at radius 3 is 2.16 bits per heavy atom. The van der Waals surface area contributed by atoms with Gasteiger partial charge in [-0.05, 0) is 6.42 Å². The molecule has 0 amide bonds. The van der Waals surface area contributed by atoms with E-state index in [1.165, 1.54) is 46.4 Å². The molecular formula is C22H20Cl2Zr. The summed E-state index contributed by atoms with van der Waals surface area (Å²) in [6.45, 7) is 2.14. The first-order chi connectivity index (χ1) is 10.8. The van der Waals surface area contributed by atoms with Crippen molar-refractivity contribution >= 4 is 21.5 Å². The maximum Gasteiger partial charge on any atom is 4.00 e. The van der Waals surface area contributed by atoms with Crippen molar-refractivity contribution in [2.45, 2.75) is 26.2 Å². The van der Waals surface area contributed by atoms with Crippen LogP contribution in [0.1, 0.15) is 23.1 Å². The molecule has 0 saturated carbocycles. The molecule has 0 radical (unpaired) electrons. The van der Waals surface area contributed by atoms with Crippen LogP contribution in [-0.2, 0) is 39.0 Å². The number of hydrogen-bond donors (Lipinski definition) is 0. The van der Waals surface area contributed by atoms with E-state index in [0.29, 0.717) is 0 Å². The average molecular weight is 447 g/mol. The van der Waals surface area contributed by atoms with Crippen molar-refractivity contribution in [2.75, 3.05) is 0 Å². The zero-order valence-electron chi connectivity index (χ0n) is 14.2. The summed E-state index contributed by atoms with van der Waals surface area (Å²) in [6, 6.07) is 23.8. The van der Waals surface area contributed by atoms with E-state index < -0.39 is 0 Å². The fourth-order valence-electron chi connectivity index (χ4n) is 3.63. The molecule has 0 fully saturated rings. The Hall–Kier alpha value is -0.877. The monoisotopic (exact) mass is 444 g/mol. The van der Waals surface area contributed by atoms with Gasteiger partial charge < -0.3 is 24.8 Å². The smallest absolute Gasteiger partial charge is 1.00 e. The van der Waals surface area contributed by atoms with Crippen LogP contribution in [0.15, 0.2) is 66.7 Å². The second-order valence-corrected chi connectivity index (χ2v) is 6.19. The van der Waals surface area contributed by atoms with Crippen LogP contribution in [0, 0.1) is 6.92 Å². The van der Waals surface area contributed by atoms with Crippen molar-refractivity contribution in [3.05, 3.63) is 83.4 Å². The average Bonchev–Trinajstić information content (AvgIpc) is 3.23. The SMILES string of the molecule is Cc1c[cH-]c2ccccc12.[Cl-].[Cl-].[Zr+4].c1ccc2c3c([cH-]c2c1)CCC3. The number of benzene rings is 2. The molecule has 0 aromatic heterocycles. The molecule has 3 heteroatoms. The Bertz CT molecular complexity index is 933. The van der Waals surface area contributed by atoms with Gasteiger partial charge in [-0.15, -0.1) is 75.6 Å². The van der Waals surface area contributed by atoms with Crippen LogP contribution >= 0.6 is 0 Å². The molecule has 25 heavy (non-hydrogen) atoms. The first-order valence-corrected chi connectivity index (χ1v) is 8.10. The zero-order chi connectivity index (χ0) is 14.9. The molecule has 0 N–H and O–H groups in total. The molecule has 0 heterocycles. The minimum atomic E-state index is 0. The van der Waals surface area contributed by atoms with E-state index in [2.05, 4.69) is 73.7 Å². The summed E-state index contributed by atoms with van der Waals surface area (Å²) in [4.78, 5) is 0. The van der Waals surface area contributed by atoms with Crippen molar-refractivity contribution in [3.63, 3.8) is 0 Å². The molecule has 0 aliphatic heterocycles. The van der Waals surface area contributed by atoms with Gasteiger partial charge in [0, 0.05) is 0 Å². The van der Waals surface area contributed by atoms with Crippen LogP contribution in [0.3, 0.4) is 0 Å². The summed E-state index contributed by atoms with van der Waals surface area (Å²) in [5.41, 5.74) is 4.58. The molecule has 1 aliphatic rings. The number of aryl methyl sites for hydroxylation is 3. The van der Waals surface area contributed by atoms with E-state index in [4.69, 9.17) is 0 Å². The fraction of sp³-hybridized carbons (Fsp3) is 0.182. The third-order valence-electron chi connectivity index (χ3n) is 4.77. The summed E-state index contributed by atoms with van der Waals surface area (Å²) >= 11 is 0. The number of rotatable bonds is 0. The molecule has 0 saturated heterocycles. The number of hydrogen-bond acceptors (Lipinski definition) is 0. The molecule has 5 rings (SSSR count). The summed E-state index contributed by atoms with van der Waals surface area (Å²) in [5, 5.41) is 5.65. The van der Waals surface area contributed by atoms with Crippen LogP contribution in [0.5, 0.6) is 0 Å². The topological polar surface area (TPSA) is 0 Å². The second kappa shape index (κ2) is 9.72. The molecule has 0 atom stereocenters. The molecule has 0 nitrogen and oxygen atoms in total. The third kappa shape index (κ3) is 4.46. The van der Waals surface area contributed by atoms with Crippen LogP contribution < -0.4 is 24.8 Å². The second-order valence-electron chi connectivity index (χ2n) is 6.19. The van der Waals surface area contributed by atoms with Gasteiger partial charge in [-0.3, -0.25) is 0 Å². The fourth-order valence-corrected chi connectivity index (χ4v) is 3.63. The van der Waals surface area contributed by atoms with Gasteiger partial charge in [-0.25, -0.2) is 0 Å². The van der Waals surface area contributed by atoms with Crippen LogP contribution in [-0.4, -0.2) is 0 Å². The molecule has 4 aromatic carbocycles. The van der Waals surface area contributed by atoms with Gasteiger partial charge in [0.2, 0.25) is 0 Å². The van der Waals surface area contributed by atoms with E-state index in [1.807, 2.05) is 0 Å². The minimum absolute atomic E-state index is 0. The van der Waals surface area contributed by atoms with E-state index in [0.717, 1.165) is 0 Å². The summed E-state index contributed by atoms with van der Waals surface area (Å²) in [7, 11) is 0. The first kappa shape index (κ1) is 22.2. The third-order valence-corrected chi connectivity index (χ3v) is 4.77. The summed E-state index contributed by atoms with van der Waals surface area (Å²) < 4.78 is 0. The van der Waals surface area contributed by atoms with E-state index in [1.54, 1.807) is 11.1 Å². The molecule has 0 spiro atoms. The van der Waals surface area contributed by atoms with Crippen molar-refractivity contribution in [1.82, 2.24) is 0 Å². The van der Waals surface area contributed by atoms with Gasteiger partial charge in [0.05, 0.1) is 0 Å². The normalized spacial score (nSPS) is 11.6. The molecule has 0 bridgehead atoms. The van der Waals surface area contributed by atoms with Gasteiger partial charge in [0.1, 0.15) is 0 Å².